The summed E-state index contributed by atoms with van der Waals surface area (Å²) in [6.45, 7) is 2.76. The third-order valence-electron chi connectivity index (χ3n) is 2.08. The molecule has 0 aliphatic rings. The van der Waals surface area contributed by atoms with E-state index in [2.05, 4.69) is 6.92 Å². The van der Waals surface area contributed by atoms with Gasteiger partial charge in [-0.2, -0.15) is 0 Å². The van der Waals surface area contributed by atoms with E-state index >= 15 is 0 Å². The Morgan fingerprint density at radius 3 is 1.79 bits per heavy atom. The Kier molecular flexibility index (Phi) is 7.04. The van der Waals surface area contributed by atoms with Crippen LogP contribution in [0.1, 0.15) is 19.3 Å². The molecule has 14 heavy (non-hydrogen) atoms. The maximum atomic E-state index is 9.20. The van der Waals surface area contributed by atoms with Crippen LogP contribution in [0.3, 0.4) is 0 Å². The number of aliphatic hydroxyl groups excluding tert-OH is 5. The smallest absolute Gasteiger partial charge is 0.103 e. The highest BCUT2D eigenvalue weighted by Gasteiger charge is 2.16. The van der Waals surface area contributed by atoms with E-state index in [9.17, 15) is 5.11 Å². The van der Waals surface area contributed by atoms with Crippen LogP contribution in [-0.4, -0.2) is 56.6 Å². The molecule has 0 saturated heterocycles. The Balaban J connectivity index is 3.53. The first-order valence-electron chi connectivity index (χ1n) is 4.65. The van der Waals surface area contributed by atoms with Crippen LogP contribution in [-0.2, 0) is 0 Å². The Hall–Kier alpha value is -0.200. The van der Waals surface area contributed by atoms with Gasteiger partial charge < -0.3 is 25.5 Å². The van der Waals surface area contributed by atoms with Gasteiger partial charge in [0, 0.05) is 0 Å². The lowest BCUT2D eigenvalue weighted by molar-refractivity contribution is -0.0219. The van der Waals surface area contributed by atoms with Crippen molar-refractivity contribution in [2.24, 2.45) is 0 Å². The molecule has 0 fully saturated rings. The van der Waals surface area contributed by atoms with Crippen molar-refractivity contribution in [1.82, 2.24) is 0 Å². The Morgan fingerprint density at radius 1 is 0.857 bits per heavy atom. The molecule has 0 heterocycles. The van der Waals surface area contributed by atoms with Crippen LogP contribution in [0.2, 0.25) is 0 Å². The number of hydrogen-bond donors (Lipinski definition) is 5. The molecule has 5 nitrogen and oxygen atoms in total. The summed E-state index contributed by atoms with van der Waals surface area (Å²) in [4.78, 5) is 0. The van der Waals surface area contributed by atoms with Crippen molar-refractivity contribution in [2.45, 2.75) is 43.7 Å². The lowest BCUT2D eigenvalue weighted by Gasteiger charge is -2.17. The van der Waals surface area contributed by atoms with Gasteiger partial charge in [0.2, 0.25) is 0 Å². The topological polar surface area (TPSA) is 101 Å². The monoisotopic (exact) mass is 207 g/mol. The third-order valence-corrected chi connectivity index (χ3v) is 2.08. The first-order valence-corrected chi connectivity index (χ1v) is 4.65. The van der Waals surface area contributed by atoms with E-state index in [1.54, 1.807) is 0 Å². The minimum atomic E-state index is -1.14. The van der Waals surface area contributed by atoms with Crippen molar-refractivity contribution >= 4 is 0 Å². The first kappa shape index (κ1) is 13.8. The molecule has 85 valence electrons. The summed E-state index contributed by atoms with van der Waals surface area (Å²) in [6.07, 6.45) is -3.05. The van der Waals surface area contributed by atoms with Crippen molar-refractivity contribution in [3.05, 3.63) is 6.92 Å². The average molecular weight is 207 g/mol. The summed E-state index contributed by atoms with van der Waals surface area (Å²) in [5.41, 5.74) is 0. The molecule has 0 aromatic carbocycles. The van der Waals surface area contributed by atoms with Crippen molar-refractivity contribution in [1.29, 1.82) is 0 Å². The van der Waals surface area contributed by atoms with Gasteiger partial charge >= 0.3 is 0 Å². The highest BCUT2D eigenvalue weighted by atomic mass is 16.4. The highest BCUT2D eigenvalue weighted by Crippen LogP contribution is 2.09. The van der Waals surface area contributed by atoms with Crippen molar-refractivity contribution in [3.8, 4) is 0 Å². The van der Waals surface area contributed by atoms with E-state index in [1.165, 1.54) is 0 Å². The van der Waals surface area contributed by atoms with Crippen molar-refractivity contribution in [3.63, 3.8) is 0 Å². The van der Waals surface area contributed by atoms with Gasteiger partial charge in [0.1, 0.15) is 6.10 Å². The van der Waals surface area contributed by atoms with E-state index in [0.717, 1.165) is 0 Å². The Bertz CT molecular complexity index is 139. The molecule has 0 bridgehead atoms. The molecule has 0 spiro atoms. The van der Waals surface area contributed by atoms with Crippen LogP contribution >= 0.6 is 0 Å². The van der Waals surface area contributed by atoms with Gasteiger partial charge in [-0.1, -0.05) is 0 Å². The first-order chi connectivity index (χ1) is 6.49. The molecule has 0 saturated carbocycles. The third kappa shape index (κ3) is 5.51. The highest BCUT2D eigenvalue weighted by molar-refractivity contribution is 4.71. The molecule has 0 aliphatic heterocycles. The molecular weight excluding hydrogens is 188 g/mol. The summed E-state index contributed by atoms with van der Waals surface area (Å²) < 4.78 is 0. The quantitative estimate of drug-likeness (QED) is 0.347. The summed E-state index contributed by atoms with van der Waals surface area (Å²) in [5.74, 6) is 0. The van der Waals surface area contributed by atoms with E-state index in [-0.39, 0.29) is 6.42 Å². The zero-order valence-electron chi connectivity index (χ0n) is 8.08. The van der Waals surface area contributed by atoms with E-state index < -0.39 is 31.0 Å². The van der Waals surface area contributed by atoms with Gasteiger partial charge in [-0.05, 0) is 26.2 Å². The molecule has 0 aliphatic carbocycles. The van der Waals surface area contributed by atoms with Crippen molar-refractivity contribution < 1.29 is 25.5 Å². The number of rotatable bonds is 7. The second kappa shape index (κ2) is 7.14. The van der Waals surface area contributed by atoms with Crippen LogP contribution in [0, 0.1) is 6.92 Å². The molecule has 0 aromatic heterocycles. The second-order valence-corrected chi connectivity index (χ2v) is 3.38. The predicted molar refractivity (Wildman–Crippen MR) is 50.3 cm³/mol. The van der Waals surface area contributed by atoms with Gasteiger partial charge in [-0.25, -0.2) is 0 Å². The van der Waals surface area contributed by atoms with Gasteiger partial charge in [0.25, 0.3) is 0 Å². The molecule has 4 atom stereocenters. The maximum absolute atomic E-state index is 9.20. The molecule has 0 amide bonds. The average Bonchev–Trinajstić information content (AvgIpc) is 2.15. The van der Waals surface area contributed by atoms with Gasteiger partial charge in [0.05, 0.1) is 24.9 Å². The van der Waals surface area contributed by atoms with Crippen LogP contribution < -0.4 is 0 Å². The molecule has 0 rings (SSSR count). The normalized spacial score (nSPS) is 20.1. The van der Waals surface area contributed by atoms with E-state index in [0.29, 0.717) is 12.8 Å². The zero-order valence-corrected chi connectivity index (χ0v) is 8.08. The molecule has 4 unspecified atom stereocenters. The fourth-order valence-electron chi connectivity index (χ4n) is 1.04. The molecule has 0 aromatic rings. The molecule has 5 N–H and O–H groups in total. The lowest BCUT2D eigenvalue weighted by atomic mass is 10.0. The van der Waals surface area contributed by atoms with E-state index in [4.69, 9.17) is 20.4 Å². The number of hydrogen-bond acceptors (Lipinski definition) is 5. The molecule has 1 radical (unpaired) electrons. The summed E-state index contributed by atoms with van der Waals surface area (Å²) in [5, 5.41) is 44.6. The van der Waals surface area contributed by atoms with Gasteiger partial charge in [-0.15, -0.1) is 0 Å². The lowest BCUT2D eigenvalue weighted by Crippen LogP contribution is -2.30. The van der Waals surface area contributed by atoms with Crippen LogP contribution in [0.15, 0.2) is 0 Å². The van der Waals surface area contributed by atoms with Crippen LogP contribution in [0.4, 0.5) is 0 Å². The van der Waals surface area contributed by atoms with Crippen LogP contribution in [0.25, 0.3) is 0 Å². The summed E-state index contributed by atoms with van der Waals surface area (Å²) in [6, 6.07) is 0. The van der Waals surface area contributed by atoms with E-state index in [1.807, 2.05) is 0 Å². The fourth-order valence-corrected chi connectivity index (χ4v) is 1.04. The van der Waals surface area contributed by atoms with Crippen molar-refractivity contribution in [2.75, 3.05) is 6.61 Å². The minimum Gasteiger partial charge on any atom is -0.394 e. The summed E-state index contributed by atoms with van der Waals surface area (Å²) in [7, 11) is 0. The second-order valence-electron chi connectivity index (χ2n) is 3.38. The molecular formula is C9H19O5. The standard InChI is InChI=1S/C9H19O5/c1-6(11)7(12)3-2-4-8(13)9(14)5-10/h6-14H,1-5H2. The Labute approximate surface area is 83.6 Å². The van der Waals surface area contributed by atoms with Gasteiger partial charge in [-0.3, -0.25) is 0 Å². The zero-order chi connectivity index (χ0) is 11.1. The fraction of sp³-hybridized carbons (Fsp3) is 0.889. The Morgan fingerprint density at radius 2 is 1.36 bits per heavy atom. The summed E-state index contributed by atoms with van der Waals surface area (Å²) >= 11 is 0. The number of aliphatic hydroxyl groups is 5. The largest absolute Gasteiger partial charge is 0.394 e. The minimum absolute atomic E-state index is 0.269. The predicted octanol–water partition coefficient (Wildman–Crippen LogP) is -1.57. The SMILES string of the molecule is [CH2]C(O)C(O)CCCC(O)C(O)CO. The van der Waals surface area contributed by atoms with Crippen LogP contribution in [0.5, 0.6) is 0 Å². The molecule has 5 heteroatoms. The van der Waals surface area contributed by atoms with Gasteiger partial charge in [0.15, 0.2) is 0 Å². The maximum Gasteiger partial charge on any atom is 0.103 e.